The van der Waals surface area contributed by atoms with Gasteiger partial charge in [0.15, 0.2) is 0 Å². The number of amides is 1. The maximum atomic E-state index is 12.6. The zero-order valence-electron chi connectivity index (χ0n) is 11.0. The summed E-state index contributed by atoms with van der Waals surface area (Å²) in [5.41, 5.74) is 6.25. The van der Waals surface area contributed by atoms with Gasteiger partial charge in [0.1, 0.15) is 0 Å². The predicted octanol–water partition coefficient (Wildman–Crippen LogP) is 2.84. The van der Waals surface area contributed by atoms with Crippen LogP contribution in [0.2, 0.25) is 0 Å². The number of nitrogens with zero attached hydrogens (tertiary/aromatic N) is 1. The van der Waals surface area contributed by atoms with Crippen molar-refractivity contribution in [2.45, 2.75) is 31.8 Å². The zero-order valence-corrected chi connectivity index (χ0v) is 13.4. The zero-order chi connectivity index (χ0) is 13.6. The highest BCUT2D eigenvalue weighted by Gasteiger charge is 2.49. The second kappa shape index (κ2) is 5.19. The van der Waals surface area contributed by atoms with Crippen molar-refractivity contribution in [2.24, 2.45) is 23.5 Å². The summed E-state index contributed by atoms with van der Waals surface area (Å²) in [7, 11) is 1.90. The quantitative estimate of drug-likeness (QED) is 0.917. The second-order valence-corrected chi connectivity index (χ2v) is 8.38. The number of fused-ring (bicyclic) bond motifs is 2. The Bertz CT molecular complexity index is 488. The van der Waals surface area contributed by atoms with E-state index < -0.39 is 0 Å². The highest BCUT2D eigenvalue weighted by Crippen LogP contribution is 2.48. The van der Waals surface area contributed by atoms with E-state index in [1.165, 1.54) is 17.7 Å². The number of thiophene rings is 1. The van der Waals surface area contributed by atoms with Crippen LogP contribution in [0.25, 0.3) is 0 Å². The first-order valence-electron chi connectivity index (χ1n) is 6.81. The van der Waals surface area contributed by atoms with Gasteiger partial charge in [-0.1, -0.05) is 0 Å². The molecule has 19 heavy (non-hydrogen) atoms. The lowest BCUT2D eigenvalue weighted by atomic mass is 9.84. The van der Waals surface area contributed by atoms with Crippen LogP contribution in [-0.2, 0) is 11.3 Å². The van der Waals surface area contributed by atoms with Gasteiger partial charge in [0, 0.05) is 18.0 Å². The first-order valence-corrected chi connectivity index (χ1v) is 8.42. The molecular weight excluding hydrogens is 324 g/mol. The molecule has 0 radical (unpaired) electrons. The van der Waals surface area contributed by atoms with Crippen LogP contribution in [0, 0.1) is 17.8 Å². The van der Waals surface area contributed by atoms with Crippen LogP contribution in [0.4, 0.5) is 0 Å². The van der Waals surface area contributed by atoms with Gasteiger partial charge in [-0.25, -0.2) is 0 Å². The molecule has 1 amide bonds. The summed E-state index contributed by atoms with van der Waals surface area (Å²) in [6.07, 6.45) is 3.57. The summed E-state index contributed by atoms with van der Waals surface area (Å²) in [4.78, 5) is 15.7. The Labute approximate surface area is 126 Å². The van der Waals surface area contributed by atoms with Gasteiger partial charge >= 0.3 is 0 Å². The van der Waals surface area contributed by atoms with Crippen molar-refractivity contribution < 1.29 is 4.79 Å². The highest BCUT2D eigenvalue weighted by atomic mass is 79.9. The van der Waals surface area contributed by atoms with E-state index in [0.717, 1.165) is 10.2 Å². The molecule has 2 N–H and O–H groups in total. The maximum Gasteiger partial charge on any atom is 0.227 e. The van der Waals surface area contributed by atoms with Crippen molar-refractivity contribution in [3.05, 3.63) is 20.8 Å². The third-order valence-electron chi connectivity index (χ3n) is 4.66. The Balaban J connectivity index is 1.67. The van der Waals surface area contributed by atoms with Gasteiger partial charge in [-0.05, 0) is 59.2 Å². The van der Waals surface area contributed by atoms with E-state index in [-0.39, 0.29) is 17.9 Å². The van der Waals surface area contributed by atoms with Crippen LogP contribution in [0.15, 0.2) is 15.9 Å². The van der Waals surface area contributed by atoms with Gasteiger partial charge in [-0.15, -0.1) is 11.3 Å². The summed E-state index contributed by atoms with van der Waals surface area (Å²) in [6, 6.07) is 4.18. The molecule has 104 valence electrons. The number of carbonyl (C=O) groups is 1. The Morgan fingerprint density at radius 1 is 1.47 bits per heavy atom. The van der Waals surface area contributed by atoms with Crippen LogP contribution in [0.5, 0.6) is 0 Å². The number of hydrogen-bond acceptors (Lipinski definition) is 3. The third-order valence-corrected chi connectivity index (χ3v) is 6.27. The van der Waals surface area contributed by atoms with E-state index in [4.69, 9.17) is 5.73 Å². The van der Waals surface area contributed by atoms with Gasteiger partial charge in [-0.3, -0.25) is 4.79 Å². The summed E-state index contributed by atoms with van der Waals surface area (Å²) in [5.74, 6) is 1.42. The fourth-order valence-electron chi connectivity index (χ4n) is 3.71. The minimum atomic E-state index is 0.0622. The molecule has 3 nitrogen and oxygen atoms in total. The van der Waals surface area contributed by atoms with Crippen molar-refractivity contribution in [3.63, 3.8) is 0 Å². The van der Waals surface area contributed by atoms with Crippen LogP contribution in [0.3, 0.4) is 0 Å². The van der Waals surface area contributed by atoms with E-state index in [0.29, 0.717) is 18.4 Å². The van der Waals surface area contributed by atoms with Gasteiger partial charge in [0.2, 0.25) is 5.91 Å². The van der Waals surface area contributed by atoms with E-state index in [1.54, 1.807) is 11.3 Å². The largest absolute Gasteiger partial charge is 0.340 e. The standard InChI is InChI=1S/C14H19BrN2OS/c1-17(7-10-4-5-11(15)19-10)14(18)12-8-2-3-9(6-8)13(12)16/h4-5,8-9,12-13H,2-3,6-7,16H2,1H3. The molecule has 2 aliphatic carbocycles. The number of halogens is 1. The molecule has 2 aliphatic rings. The molecule has 3 rings (SSSR count). The summed E-state index contributed by atoms with van der Waals surface area (Å²) < 4.78 is 1.11. The smallest absolute Gasteiger partial charge is 0.227 e. The molecule has 1 heterocycles. The molecule has 0 aliphatic heterocycles. The lowest BCUT2D eigenvalue weighted by Crippen LogP contribution is -2.45. The van der Waals surface area contributed by atoms with Gasteiger partial charge < -0.3 is 10.6 Å². The molecule has 1 aromatic heterocycles. The molecule has 1 aromatic rings. The van der Waals surface area contributed by atoms with Gasteiger partial charge in [-0.2, -0.15) is 0 Å². The molecule has 0 aromatic carbocycles. The molecule has 2 saturated carbocycles. The minimum absolute atomic E-state index is 0.0622. The molecule has 4 atom stereocenters. The summed E-state index contributed by atoms with van der Waals surface area (Å²) in [6.45, 7) is 0.690. The minimum Gasteiger partial charge on any atom is -0.340 e. The fraction of sp³-hybridized carbons (Fsp3) is 0.643. The maximum absolute atomic E-state index is 12.6. The average Bonchev–Trinajstić information content (AvgIpc) is 3.05. The Hall–Kier alpha value is -0.390. The number of carbonyl (C=O) groups excluding carboxylic acids is 1. The third kappa shape index (κ3) is 2.48. The molecule has 2 bridgehead atoms. The molecule has 4 unspecified atom stereocenters. The Kier molecular flexibility index (Phi) is 3.71. The first kappa shape index (κ1) is 13.6. The highest BCUT2D eigenvalue weighted by molar-refractivity contribution is 9.11. The van der Waals surface area contributed by atoms with E-state index in [2.05, 4.69) is 22.0 Å². The van der Waals surface area contributed by atoms with Crippen LogP contribution < -0.4 is 5.73 Å². The number of hydrogen-bond donors (Lipinski definition) is 1. The monoisotopic (exact) mass is 342 g/mol. The lowest BCUT2D eigenvalue weighted by molar-refractivity contribution is -0.136. The summed E-state index contributed by atoms with van der Waals surface area (Å²) >= 11 is 5.14. The van der Waals surface area contributed by atoms with Crippen molar-refractivity contribution in [1.82, 2.24) is 4.90 Å². The van der Waals surface area contributed by atoms with Crippen molar-refractivity contribution in [2.75, 3.05) is 7.05 Å². The fourth-order valence-corrected chi connectivity index (χ4v) is 5.24. The average molecular weight is 343 g/mol. The van der Waals surface area contributed by atoms with Crippen molar-refractivity contribution in [3.8, 4) is 0 Å². The lowest BCUT2D eigenvalue weighted by Gasteiger charge is -2.30. The first-order chi connectivity index (χ1) is 9.06. The predicted molar refractivity (Wildman–Crippen MR) is 80.8 cm³/mol. The van der Waals surface area contributed by atoms with E-state index in [9.17, 15) is 4.79 Å². The summed E-state index contributed by atoms with van der Waals surface area (Å²) in [5, 5.41) is 0. The molecule has 0 saturated heterocycles. The van der Waals surface area contributed by atoms with E-state index in [1.807, 2.05) is 18.0 Å². The van der Waals surface area contributed by atoms with E-state index >= 15 is 0 Å². The second-order valence-electron chi connectivity index (χ2n) is 5.84. The number of rotatable bonds is 3. The van der Waals surface area contributed by atoms with Crippen LogP contribution in [0.1, 0.15) is 24.1 Å². The molecule has 5 heteroatoms. The Morgan fingerprint density at radius 2 is 2.21 bits per heavy atom. The topological polar surface area (TPSA) is 46.3 Å². The molecular formula is C14H19BrN2OS. The van der Waals surface area contributed by atoms with Crippen LogP contribution in [-0.4, -0.2) is 23.9 Å². The Morgan fingerprint density at radius 3 is 2.79 bits per heavy atom. The van der Waals surface area contributed by atoms with Gasteiger partial charge in [0.05, 0.1) is 16.2 Å². The van der Waals surface area contributed by atoms with Gasteiger partial charge in [0.25, 0.3) is 0 Å². The van der Waals surface area contributed by atoms with Crippen LogP contribution >= 0.6 is 27.3 Å². The molecule has 0 spiro atoms. The van der Waals surface area contributed by atoms with Crippen molar-refractivity contribution in [1.29, 1.82) is 0 Å². The van der Waals surface area contributed by atoms with Crippen molar-refractivity contribution >= 4 is 33.2 Å². The SMILES string of the molecule is CN(Cc1ccc(Br)s1)C(=O)C1C2CCC(C2)C1N. The normalized spacial score (nSPS) is 32.8. The molecule has 2 fully saturated rings. The number of nitrogens with two attached hydrogens (primary N) is 1.